The van der Waals surface area contributed by atoms with Crippen molar-refractivity contribution in [1.82, 2.24) is 25.1 Å². The third kappa shape index (κ3) is 4.24. The molecular formula is C29H29F2N5O3. The van der Waals surface area contributed by atoms with Crippen molar-refractivity contribution in [2.45, 2.75) is 45.3 Å². The number of nitrogens with zero attached hydrogens (tertiary/aromatic N) is 2. The Hall–Kier alpha value is -4.21. The first-order valence-electron chi connectivity index (χ1n) is 13.0. The molecule has 3 amide bonds. The van der Waals surface area contributed by atoms with Gasteiger partial charge in [-0.15, -0.1) is 0 Å². The van der Waals surface area contributed by atoms with Crippen molar-refractivity contribution < 1.29 is 23.2 Å². The smallest absolute Gasteiger partial charge is 0.270 e. The lowest BCUT2D eigenvalue weighted by molar-refractivity contribution is -0.138. The minimum absolute atomic E-state index is 0.171. The number of aromatic nitrogens is 2. The summed E-state index contributed by atoms with van der Waals surface area (Å²) in [6.45, 7) is 6.34. The summed E-state index contributed by atoms with van der Waals surface area (Å²) in [5, 5.41) is 3.80. The Labute approximate surface area is 223 Å². The van der Waals surface area contributed by atoms with E-state index in [0.29, 0.717) is 41.5 Å². The zero-order valence-electron chi connectivity index (χ0n) is 21.8. The Morgan fingerprint density at radius 1 is 0.923 bits per heavy atom. The van der Waals surface area contributed by atoms with Crippen LogP contribution in [0.15, 0.2) is 48.5 Å². The molecule has 2 aromatic heterocycles. The van der Waals surface area contributed by atoms with E-state index in [1.165, 1.54) is 18.2 Å². The maximum Gasteiger partial charge on any atom is 0.270 e. The van der Waals surface area contributed by atoms with Gasteiger partial charge in [0.1, 0.15) is 29.1 Å². The number of carbonyl (C=O) groups is 3. The molecule has 2 bridgehead atoms. The number of para-hydroxylation sites is 1. The molecule has 0 unspecified atom stereocenters. The van der Waals surface area contributed by atoms with E-state index < -0.39 is 29.0 Å². The van der Waals surface area contributed by atoms with E-state index in [-0.39, 0.29) is 35.1 Å². The summed E-state index contributed by atoms with van der Waals surface area (Å²) in [4.78, 5) is 49.5. The van der Waals surface area contributed by atoms with Gasteiger partial charge in [0.2, 0.25) is 5.91 Å². The van der Waals surface area contributed by atoms with Gasteiger partial charge in [0.25, 0.3) is 11.8 Å². The summed E-state index contributed by atoms with van der Waals surface area (Å²) in [5.74, 6) is -1.79. The molecule has 0 spiro atoms. The van der Waals surface area contributed by atoms with Crippen molar-refractivity contribution in [3.63, 3.8) is 0 Å². The van der Waals surface area contributed by atoms with Crippen molar-refractivity contribution in [1.29, 1.82) is 0 Å². The third-order valence-electron chi connectivity index (χ3n) is 7.86. The number of likely N-dealkylation sites (tertiary alicyclic amines) is 2. The second-order valence-corrected chi connectivity index (χ2v) is 11.5. The van der Waals surface area contributed by atoms with Gasteiger partial charge in [-0.3, -0.25) is 14.4 Å². The Morgan fingerprint density at radius 3 is 2.28 bits per heavy atom. The summed E-state index contributed by atoms with van der Waals surface area (Å²) >= 11 is 0. The monoisotopic (exact) mass is 533 g/mol. The van der Waals surface area contributed by atoms with Crippen LogP contribution in [-0.4, -0.2) is 68.7 Å². The third-order valence-corrected chi connectivity index (χ3v) is 7.86. The number of halogens is 2. The number of nitrogens with one attached hydrogen (secondary N) is 3. The summed E-state index contributed by atoms with van der Waals surface area (Å²) in [5.41, 5.74) is 0.679. The molecular weight excluding hydrogens is 504 g/mol. The molecule has 2 saturated heterocycles. The summed E-state index contributed by atoms with van der Waals surface area (Å²) in [6, 6.07) is 11.2. The van der Waals surface area contributed by atoms with Crippen LogP contribution in [0.1, 0.15) is 48.2 Å². The average Bonchev–Trinajstić information content (AvgIpc) is 3.68. The predicted octanol–water partition coefficient (Wildman–Crippen LogP) is 4.20. The van der Waals surface area contributed by atoms with Gasteiger partial charge < -0.3 is 25.1 Å². The molecule has 2 aromatic carbocycles. The van der Waals surface area contributed by atoms with Gasteiger partial charge in [0, 0.05) is 29.4 Å². The maximum atomic E-state index is 14.1. The summed E-state index contributed by atoms with van der Waals surface area (Å²) in [7, 11) is 0. The lowest BCUT2D eigenvalue weighted by Crippen LogP contribution is -2.59. The number of aromatic amines is 2. The van der Waals surface area contributed by atoms with Crippen LogP contribution in [0.5, 0.6) is 0 Å². The Kier molecular flexibility index (Phi) is 5.74. The van der Waals surface area contributed by atoms with Crippen molar-refractivity contribution in [3.05, 3.63) is 71.6 Å². The van der Waals surface area contributed by atoms with Crippen LogP contribution in [0.4, 0.5) is 8.78 Å². The first-order valence-corrected chi connectivity index (χ1v) is 13.0. The molecule has 8 nitrogen and oxygen atoms in total. The zero-order chi connectivity index (χ0) is 27.6. The molecule has 39 heavy (non-hydrogen) atoms. The largest absolute Gasteiger partial charge is 0.350 e. The second kappa shape index (κ2) is 8.93. The van der Waals surface area contributed by atoms with E-state index in [1.54, 1.807) is 40.1 Å². The van der Waals surface area contributed by atoms with Crippen LogP contribution < -0.4 is 5.32 Å². The SMILES string of the molecule is CC(C)(C)[C@H](NC(=O)c1cc2cccc(F)c2[nH]1)C(=O)N1C[C@@H]2C[C@H]1CN2C(=O)c1cc2c(F)cccc2[nH]1. The number of hydrogen-bond donors (Lipinski definition) is 3. The average molecular weight is 534 g/mol. The quantitative estimate of drug-likeness (QED) is 0.367. The van der Waals surface area contributed by atoms with Gasteiger partial charge >= 0.3 is 0 Å². The van der Waals surface area contributed by atoms with Gasteiger partial charge in [-0.05, 0) is 42.2 Å². The molecule has 2 aliphatic heterocycles. The minimum Gasteiger partial charge on any atom is -0.350 e. The molecule has 2 fully saturated rings. The van der Waals surface area contributed by atoms with Crippen molar-refractivity contribution in [2.24, 2.45) is 5.41 Å². The second-order valence-electron chi connectivity index (χ2n) is 11.5. The molecule has 0 aliphatic carbocycles. The number of carbonyl (C=O) groups excluding carboxylic acids is 3. The normalized spacial score (nSPS) is 19.7. The molecule has 10 heteroatoms. The Bertz CT molecular complexity index is 1630. The minimum atomic E-state index is -0.832. The highest BCUT2D eigenvalue weighted by molar-refractivity contribution is 6.01. The van der Waals surface area contributed by atoms with E-state index >= 15 is 0 Å². The molecule has 202 valence electrons. The van der Waals surface area contributed by atoms with Gasteiger partial charge in [-0.1, -0.05) is 39.0 Å². The van der Waals surface area contributed by atoms with Crippen LogP contribution in [0.2, 0.25) is 0 Å². The van der Waals surface area contributed by atoms with E-state index in [2.05, 4.69) is 15.3 Å². The number of fused-ring (bicyclic) bond motifs is 4. The van der Waals surface area contributed by atoms with Crippen LogP contribution in [0.3, 0.4) is 0 Å². The fraction of sp³-hybridized carbons (Fsp3) is 0.345. The fourth-order valence-electron chi connectivity index (χ4n) is 5.84. The van der Waals surface area contributed by atoms with Gasteiger partial charge in [-0.25, -0.2) is 8.78 Å². The van der Waals surface area contributed by atoms with Crippen LogP contribution >= 0.6 is 0 Å². The molecule has 0 saturated carbocycles. The number of benzene rings is 2. The van der Waals surface area contributed by atoms with Crippen LogP contribution in [-0.2, 0) is 4.79 Å². The fourth-order valence-corrected chi connectivity index (χ4v) is 5.84. The molecule has 4 aromatic rings. The number of amides is 3. The first-order chi connectivity index (χ1) is 18.5. The molecule has 3 N–H and O–H groups in total. The van der Waals surface area contributed by atoms with Crippen LogP contribution in [0.25, 0.3) is 21.8 Å². The van der Waals surface area contributed by atoms with E-state index in [1.807, 2.05) is 20.8 Å². The number of H-pyrrole nitrogens is 2. The zero-order valence-corrected chi connectivity index (χ0v) is 21.8. The predicted molar refractivity (Wildman–Crippen MR) is 142 cm³/mol. The van der Waals surface area contributed by atoms with Gasteiger partial charge in [-0.2, -0.15) is 0 Å². The molecule has 3 atom stereocenters. The maximum absolute atomic E-state index is 14.1. The molecule has 2 aliphatic rings. The Morgan fingerprint density at radius 2 is 1.62 bits per heavy atom. The number of hydrogen-bond acceptors (Lipinski definition) is 3. The first kappa shape index (κ1) is 25.1. The molecule has 4 heterocycles. The van der Waals surface area contributed by atoms with Gasteiger partial charge in [0.05, 0.1) is 17.6 Å². The topological polar surface area (TPSA) is 101 Å². The lowest BCUT2D eigenvalue weighted by Gasteiger charge is -2.39. The molecule has 6 rings (SSSR count). The summed E-state index contributed by atoms with van der Waals surface area (Å²) in [6.07, 6.45) is 0.637. The number of rotatable bonds is 4. The van der Waals surface area contributed by atoms with Crippen molar-refractivity contribution in [2.75, 3.05) is 13.1 Å². The highest BCUT2D eigenvalue weighted by atomic mass is 19.1. The Balaban J connectivity index is 1.17. The standard InChI is InChI=1S/C29H29F2N5O3/c1-29(2,3)25(34-26(37)22-10-15-6-4-8-20(31)24(15)33-22)28(39)36-14-16-11-17(36)13-35(16)27(38)23-12-18-19(30)7-5-9-21(18)32-23/h4-10,12,16-17,25,32-33H,11,13-14H2,1-3H3,(H,34,37)/t16-,17-,25+/m0/s1. The van der Waals surface area contributed by atoms with E-state index in [4.69, 9.17) is 0 Å². The van der Waals surface area contributed by atoms with Crippen molar-refractivity contribution in [3.8, 4) is 0 Å². The lowest BCUT2D eigenvalue weighted by atomic mass is 9.85. The highest BCUT2D eigenvalue weighted by Crippen LogP contribution is 2.34. The van der Waals surface area contributed by atoms with Gasteiger partial charge in [0.15, 0.2) is 0 Å². The van der Waals surface area contributed by atoms with Crippen LogP contribution in [0, 0.1) is 17.0 Å². The van der Waals surface area contributed by atoms with E-state index in [9.17, 15) is 23.2 Å². The van der Waals surface area contributed by atoms with E-state index in [0.717, 1.165) is 0 Å². The van der Waals surface area contributed by atoms with Crippen molar-refractivity contribution >= 4 is 39.5 Å². The number of piperazine rings is 1. The summed E-state index contributed by atoms with van der Waals surface area (Å²) < 4.78 is 28.3. The highest BCUT2D eigenvalue weighted by Gasteiger charge is 2.50. The molecule has 0 radical (unpaired) electrons.